The van der Waals surface area contributed by atoms with Crippen molar-refractivity contribution in [2.45, 2.75) is 19.2 Å². The fourth-order valence-corrected chi connectivity index (χ4v) is 2.28. The third-order valence-corrected chi connectivity index (χ3v) is 3.55. The van der Waals surface area contributed by atoms with Gasteiger partial charge in [-0.2, -0.15) is 18.2 Å². The zero-order valence-electron chi connectivity index (χ0n) is 14.5. The summed E-state index contributed by atoms with van der Waals surface area (Å²) in [5.74, 6) is -1.28. The number of carbonyl (C=O) groups is 1. The van der Waals surface area contributed by atoms with Crippen molar-refractivity contribution in [3.63, 3.8) is 0 Å². The fraction of sp³-hybridized carbons (Fsp3) is 0.150. The van der Waals surface area contributed by atoms with Crippen molar-refractivity contribution in [1.82, 2.24) is 9.97 Å². The van der Waals surface area contributed by atoms with Gasteiger partial charge in [-0.25, -0.2) is 9.78 Å². The van der Waals surface area contributed by atoms with Gasteiger partial charge in [0.05, 0.1) is 0 Å². The van der Waals surface area contributed by atoms with Crippen molar-refractivity contribution >= 4 is 5.97 Å². The van der Waals surface area contributed by atoms with Gasteiger partial charge in [-0.3, -0.25) is 0 Å². The molecule has 1 aromatic heterocycles. The maximum atomic E-state index is 12.7. The average molecular weight is 388 g/mol. The van der Waals surface area contributed by atoms with E-state index in [2.05, 4.69) is 9.97 Å². The predicted molar refractivity (Wildman–Crippen MR) is 93.9 cm³/mol. The molecule has 3 aromatic rings. The summed E-state index contributed by atoms with van der Waals surface area (Å²) in [5.41, 5.74) is 0.599. The second-order valence-electron chi connectivity index (χ2n) is 5.77. The molecule has 3 rings (SSSR count). The van der Waals surface area contributed by atoms with Crippen molar-refractivity contribution in [3.8, 4) is 11.6 Å². The molecular formula is C20H15F3N2O3. The Morgan fingerprint density at radius 1 is 0.964 bits per heavy atom. The van der Waals surface area contributed by atoms with Crippen LogP contribution in [0.2, 0.25) is 0 Å². The van der Waals surface area contributed by atoms with Gasteiger partial charge in [0.1, 0.15) is 30.2 Å². The SMILES string of the molecule is O=C(OCc1ccccc1)c1cnc(CC(F)(F)F)nc1Oc1ccccc1. The number of halogens is 3. The number of carbonyl (C=O) groups excluding carboxylic acids is 1. The number of para-hydroxylation sites is 1. The van der Waals surface area contributed by atoms with Crippen LogP contribution in [0.5, 0.6) is 11.6 Å². The van der Waals surface area contributed by atoms with Gasteiger partial charge in [0.2, 0.25) is 5.88 Å². The Kier molecular flexibility index (Phi) is 5.88. The maximum absolute atomic E-state index is 12.7. The summed E-state index contributed by atoms with van der Waals surface area (Å²) in [6, 6.07) is 17.2. The second-order valence-corrected chi connectivity index (χ2v) is 5.77. The first-order chi connectivity index (χ1) is 13.4. The Morgan fingerprint density at radius 2 is 1.61 bits per heavy atom. The van der Waals surface area contributed by atoms with Crippen molar-refractivity contribution < 1.29 is 27.4 Å². The van der Waals surface area contributed by atoms with Gasteiger partial charge < -0.3 is 9.47 Å². The molecule has 0 aliphatic heterocycles. The number of hydrogen-bond donors (Lipinski definition) is 0. The van der Waals surface area contributed by atoms with Crippen LogP contribution in [0.3, 0.4) is 0 Å². The number of esters is 1. The number of nitrogens with zero attached hydrogens (tertiary/aromatic N) is 2. The van der Waals surface area contributed by atoms with Gasteiger partial charge in [0.15, 0.2) is 0 Å². The largest absolute Gasteiger partial charge is 0.457 e. The van der Waals surface area contributed by atoms with E-state index in [1.807, 2.05) is 6.07 Å². The topological polar surface area (TPSA) is 61.3 Å². The van der Waals surface area contributed by atoms with E-state index in [4.69, 9.17) is 9.47 Å². The molecule has 0 bridgehead atoms. The predicted octanol–water partition coefficient (Wildman–Crippen LogP) is 4.73. The minimum absolute atomic E-state index is 0.00521. The van der Waals surface area contributed by atoms with Gasteiger partial charge in [-0.1, -0.05) is 48.5 Å². The highest BCUT2D eigenvalue weighted by Gasteiger charge is 2.30. The van der Waals surface area contributed by atoms with Crippen LogP contribution in [-0.2, 0) is 17.8 Å². The van der Waals surface area contributed by atoms with Crippen LogP contribution in [0.25, 0.3) is 0 Å². The van der Waals surface area contributed by atoms with E-state index in [1.54, 1.807) is 54.6 Å². The Hall–Kier alpha value is -3.42. The third kappa shape index (κ3) is 5.54. The second kappa shape index (κ2) is 8.51. The molecule has 0 saturated heterocycles. The molecule has 2 aromatic carbocycles. The van der Waals surface area contributed by atoms with Crippen LogP contribution in [0.15, 0.2) is 66.9 Å². The summed E-state index contributed by atoms with van der Waals surface area (Å²) in [7, 11) is 0. The lowest BCUT2D eigenvalue weighted by molar-refractivity contribution is -0.128. The molecule has 0 saturated carbocycles. The third-order valence-electron chi connectivity index (χ3n) is 3.55. The van der Waals surface area contributed by atoms with Crippen LogP contribution < -0.4 is 4.74 Å². The average Bonchev–Trinajstić information content (AvgIpc) is 2.67. The summed E-state index contributed by atoms with van der Waals surface area (Å²) in [4.78, 5) is 19.8. The first kappa shape index (κ1) is 19.3. The molecule has 0 spiro atoms. The molecule has 0 atom stereocenters. The molecule has 144 valence electrons. The van der Waals surface area contributed by atoms with E-state index in [1.165, 1.54) is 0 Å². The molecule has 28 heavy (non-hydrogen) atoms. The standard InChI is InChI=1S/C20H15F3N2O3/c21-20(22,23)11-17-24-12-16(18(25-17)28-15-9-5-2-6-10-15)19(26)27-13-14-7-3-1-4-8-14/h1-10,12H,11,13H2. The van der Waals surface area contributed by atoms with Crippen LogP contribution in [0.4, 0.5) is 13.2 Å². The minimum atomic E-state index is -4.49. The summed E-state index contributed by atoms with van der Waals surface area (Å²) in [6.45, 7) is -0.00521. The molecule has 8 heteroatoms. The lowest BCUT2D eigenvalue weighted by Gasteiger charge is -2.12. The van der Waals surface area contributed by atoms with Gasteiger partial charge >= 0.3 is 12.1 Å². The van der Waals surface area contributed by atoms with E-state index in [0.29, 0.717) is 5.75 Å². The van der Waals surface area contributed by atoms with Crippen molar-refractivity contribution in [1.29, 1.82) is 0 Å². The molecule has 1 heterocycles. The van der Waals surface area contributed by atoms with Crippen molar-refractivity contribution in [2.24, 2.45) is 0 Å². The molecule has 0 amide bonds. The summed E-state index contributed by atoms with van der Waals surface area (Å²) in [6.07, 6.45) is -4.84. The van der Waals surface area contributed by atoms with E-state index in [-0.39, 0.29) is 18.1 Å². The Labute approximate surface area is 158 Å². The van der Waals surface area contributed by atoms with Gasteiger partial charge in [0.25, 0.3) is 0 Å². The Morgan fingerprint density at radius 3 is 2.25 bits per heavy atom. The summed E-state index contributed by atoms with van der Waals surface area (Å²) >= 11 is 0. The van der Waals surface area contributed by atoms with Crippen molar-refractivity contribution in [3.05, 3.63) is 83.8 Å². The molecule has 0 aliphatic carbocycles. The van der Waals surface area contributed by atoms with E-state index >= 15 is 0 Å². The highest BCUT2D eigenvalue weighted by atomic mass is 19.4. The highest BCUT2D eigenvalue weighted by Crippen LogP contribution is 2.26. The molecule has 0 fully saturated rings. The maximum Gasteiger partial charge on any atom is 0.396 e. The number of rotatable bonds is 6. The monoisotopic (exact) mass is 388 g/mol. The summed E-state index contributed by atoms with van der Waals surface area (Å²) in [5, 5.41) is 0. The fourth-order valence-electron chi connectivity index (χ4n) is 2.28. The lowest BCUT2D eigenvalue weighted by Crippen LogP contribution is -2.16. The lowest BCUT2D eigenvalue weighted by atomic mass is 10.2. The molecule has 0 aliphatic rings. The van der Waals surface area contributed by atoms with Crippen LogP contribution in [0.1, 0.15) is 21.7 Å². The molecule has 0 N–H and O–H groups in total. The summed E-state index contributed by atoms with van der Waals surface area (Å²) < 4.78 is 48.7. The minimum Gasteiger partial charge on any atom is -0.457 e. The Bertz CT molecular complexity index is 932. The number of aromatic nitrogens is 2. The highest BCUT2D eigenvalue weighted by molar-refractivity contribution is 5.91. The molecule has 0 unspecified atom stereocenters. The molecule has 0 radical (unpaired) electrons. The van der Waals surface area contributed by atoms with Crippen LogP contribution in [-0.4, -0.2) is 22.1 Å². The first-order valence-electron chi connectivity index (χ1n) is 8.27. The van der Waals surface area contributed by atoms with E-state index in [0.717, 1.165) is 11.8 Å². The van der Waals surface area contributed by atoms with E-state index in [9.17, 15) is 18.0 Å². The number of benzene rings is 2. The molecule has 5 nitrogen and oxygen atoms in total. The van der Waals surface area contributed by atoms with Crippen LogP contribution >= 0.6 is 0 Å². The van der Waals surface area contributed by atoms with Gasteiger partial charge in [0, 0.05) is 6.20 Å². The quantitative estimate of drug-likeness (QED) is 0.572. The molecular weight excluding hydrogens is 373 g/mol. The van der Waals surface area contributed by atoms with Crippen LogP contribution in [0, 0.1) is 0 Å². The van der Waals surface area contributed by atoms with Crippen molar-refractivity contribution in [2.75, 3.05) is 0 Å². The number of alkyl halides is 3. The smallest absolute Gasteiger partial charge is 0.396 e. The number of hydrogen-bond acceptors (Lipinski definition) is 5. The zero-order valence-corrected chi connectivity index (χ0v) is 14.5. The Balaban J connectivity index is 1.84. The zero-order chi connectivity index (χ0) is 20.0. The van der Waals surface area contributed by atoms with Gasteiger partial charge in [-0.05, 0) is 17.7 Å². The number of ether oxygens (including phenoxy) is 2. The van der Waals surface area contributed by atoms with E-state index < -0.39 is 24.4 Å². The van der Waals surface area contributed by atoms with Gasteiger partial charge in [-0.15, -0.1) is 0 Å². The normalized spacial score (nSPS) is 11.1. The first-order valence-corrected chi connectivity index (χ1v) is 8.27.